The maximum Gasteiger partial charge on any atom is 0.148 e. The molecule has 0 amide bonds. The van der Waals surface area contributed by atoms with E-state index in [1.54, 1.807) is 24.3 Å². The van der Waals surface area contributed by atoms with Crippen LogP contribution < -0.4 is 11.1 Å². The van der Waals surface area contributed by atoms with Crippen molar-refractivity contribution >= 4 is 11.6 Å². The van der Waals surface area contributed by atoms with E-state index < -0.39 is 0 Å². The largest absolute Gasteiger partial charge is 0.382 e. The van der Waals surface area contributed by atoms with Gasteiger partial charge in [0, 0.05) is 6.54 Å². The number of nitrogens with two attached hydrogens (primary N) is 1. The first kappa shape index (κ1) is 11.3. The van der Waals surface area contributed by atoms with E-state index in [1.807, 2.05) is 6.07 Å². The van der Waals surface area contributed by atoms with Crippen LogP contribution in [-0.4, -0.2) is 16.7 Å². The van der Waals surface area contributed by atoms with E-state index in [-0.39, 0.29) is 5.82 Å². The van der Waals surface area contributed by atoms with Gasteiger partial charge >= 0.3 is 0 Å². The maximum absolute atomic E-state index is 13.3. The Balaban J connectivity index is 1.88. The van der Waals surface area contributed by atoms with Crippen molar-refractivity contribution in [3.8, 4) is 0 Å². The van der Waals surface area contributed by atoms with Crippen LogP contribution in [0.15, 0.2) is 36.4 Å². The molecule has 3 N–H and O–H groups in total. The highest BCUT2D eigenvalue weighted by Gasteiger charge is 2.00. The molecule has 1 aromatic heterocycles. The Hall–Kier alpha value is -2.17. The van der Waals surface area contributed by atoms with Gasteiger partial charge in [0.2, 0.25) is 0 Å². The molecule has 1 heterocycles. The molecule has 0 saturated heterocycles. The van der Waals surface area contributed by atoms with Crippen LogP contribution >= 0.6 is 0 Å². The summed E-state index contributed by atoms with van der Waals surface area (Å²) in [6, 6.07) is 10.1. The molecular weight excluding hydrogens is 219 g/mol. The van der Waals surface area contributed by atoms with E-state index in [1.165, 1.54) is 6.07 Å². The Morgan fingerprint density at radius 1 is 1.12 bits per heavy atom. The number of halogens is 1. The predicted molar refractivity (Wildman–Crippen MR) is 65.0 cm³/mol. The SMILES string of the molecule is Nc1ccc(NCCc2ccccc2F)nn1. The van der Waals surface area contributed by atoms with Gasteiger partial charge in [-0.1, -0.05) is 18.2 Å². The molecule has 1 aromatic carbocycles. The highest BCUT2D eigenvalue weighted by molar-refractivity contribution is 5.38. The minimum atomic E-state index is -0.183. The summed E-state index contributed by atoms with van der Waals surface area (Å²) in [4.78, 5) is 0. The Labute approximate surface area is 98.7 Å². The number of benzene rings is 1. The quantitative estimate of drug-likeness (QED) is 0.844. The number of nitrogens with one attached hydrogen (secondary N) is 1. The van der Waals surface area contributed by atoms with Crippen LogP contribution in [0.3, 0.4) is 0 Å². The maximum atomic E-state index is 13.3. The third-order valence-corrected chi connectivity index (χ3v) is 2.34. The second-order valence-corrected chi connectivity index (χ2v) is 3.61. The van der Waals surface area contributed by atoms with Gasteiger partial charge in [-0.2, -0.15) is 0 Å². The molecule has 0 aliphatic heterocycles. The molecule has 0 aliphatic rings. The first-order valence-electron chi connectivity index (χ1n) is 5.32. The number of hydrogen-bond donors (Lipinski definition) is 2. The van der Waals surface area contributed by atoms with Crippen LogP contribution in [-0.2, 0) is 6.42 Å². The average Bonchev–Trinajstić information content (AvgIpc) is 2.34. The Morgan fingerprint density at radius 3 is 2.65 bits per heavy atom. The van der Waals surface area contributed by atoms with Crippen molar-refractivity contribution in [1.82, 2.24) is 10.2 Å². The smallest absolute Gasteiger partial charge is 0.148 e. The lowest BCUT2D eigenvalue weighted by atomic mass is 10.1. The molecular formula is C12H13FN4. The zero-order chi connectivity index (χ0) is 12.1. The van der Waals surface area contributed by atoms with E-state index in [0.29, 0.717) is 30.2 Å². The lowest BCUT2D eigenvalue weighted by Gasteiger charge is -2.05. The fraction of sp³-hybridized carbons (Fsp3) is 0.167. The Morgan fingerprint density at radius 2 is 1.94 bits per heavy atom. The standard InChI is InChI=1S/C12H13FN4/c13-10-4-2-1-3-9(10)7-8-15-12-6-5-11(14)16-17-12/h1-6H,7-8H2,(H2,14,16)(H,15,17). The van der Waals surface area contributed by atoms with Crippen molar-refractivity contribution in [2.75, 3.05) is 17.6 Å². The topological polar surface area (TPSA) is 63.8 Å². The van der Waals surface area contributed by atoms with Gasteiger partial charge in [0.05, 0.1) is 0 Å². The van der Waals surface area contributed by atoms with Crippen molar-refractivity contribution in [1.29, 1.82) is 0 Å². The minimum absolute atomic E-state index is 0.183. The molecule has 0 spiro atoms. The van der Waals surface area contributed by atoms with Crippen molar-refractivity contribution in [3.63, 3.8) is 0 Å². The van der Waals surface area contributed by atoms with Crippen LogP contribution in [0.2, 0.25) is 0 Å². The van der Waals surface area contributed by atoms with Gasteiger partial charge in [-0.25, -0.2) is 4.39 Å². The molecule has 2 aromatic rings. The number of nitrogens with zero attached hydrogens (tertiary/aromatic N) is 2. The van der Waals surface area contributed by atoms with Gasteiger partial charge in [-0.05, 0) is 30.2 Å². The zero-order valence-corrected chi connectivity index (χ0v) is 9.23. The molecule has 0 fully saturated rings. The number of rotatable bonds is 4. The van der Waals surface area contributed by atoms with Gasteiger partial charge in [0.15, 0.2) is 0 Å². The average molecular weight is 232 g/mol. The van der Waals surface area contributed by atoms with Gasteiger partial charge in [-0.15, -0.1) is 10.2 Å². The van der Waals surface area contributed by atoms with Crippen molar-refractivity contribution < 1.29 is 4.39 Å². The molecule has 0 saturated carbocycles. The number of anilines is 2. The normalized spacial score (nSPS) is 10.2. The second-order valence-electron chi connectivity index (χ2n) is 3.61. The molecule has 88 valence electrons. The summed E-state index contributed by atoms with van der Waals surface area (Å²) in [5.41, 5.74) is 6.10. The highest BCUT2D eigenvalue weighted by Crippen LogP contribution is 2.08. The fourth-order valence-corrected chi connectivity index (χ4v) is 1.46. The van der Waals surface area contributed by atoms with Crippen LogP contribution in [0.5, 0.6) is 0 Å². The minimum Gasteiger partial charge on any atom is -0.382 e. The molecule has 0 radical (unpaired) electrons. The summed E-state index contributed by atoms with van der Waals surface area (Å²) in [5.74, 6) is 0.831. The highest BCUT2D eigenvalue weighted by atomic mass is 19.1. The summed E-state index contributed by atoms with van der Waals surface area (Å²) < 4.78 is 13.3. The van der Waals surface area contributed by atoms with Crippen LogP contribution in [0, 0.1) is 5.82 Å². The molecule has 0 aliphatic carbocycles. The van der Waals surface area contributed by atoms with Gasteiger partial charge in [-0.3, -0.25) is 0 Å². The van der Waals surface area contributed by atoms with Crippen LogP contribution in [0.4, 0.5) is 16.0 Å². The molecule has 2 rings (SSSR count). The summed E-state index contributed by atoms with van der Waals surface area (Å²) in [6.07, 6.45) is 0.596. The van der Waals surface area contributed by atoms with E-state index >= 15 is 0 Å². The Bertz CT molecular complexity index is 484. The fourth-order valence-electron chi connectivity index (χ4n) is 1.46. The van der Waals surface area contributed by atoms with Crippen molar-refractivity contribution in [3.05, 3.63) is 47.8 Å². The summed E-state index contributed by atoms with van der Waals surface area (Å²) >= 11 is 0. The number of hydrogen-bond acceptors (Lipinski definition) is 4. The van der Waals surface area contributed by atoms with E-state index in [2.05, 4.69) is 15.5 Å². The van der Waals surface area contributed by atoms with Crippen LogP contribution in [0.1, 0.15) is 5.56 Å². The first-order valence-corrected chi connectivity index (χ1v) is 5.32. The van der Waals surface area contributed by atoms with Crippen molar-refractivity contribution in [2.45, 2.75) is 6.42 Å². The molecule has 4 nitrogen and oxygen atoms in total. The van der Waals surface area contributed by atoms with Crippen LogP contribution in [0.25, 0.3) is 0 Å². The van der Waals surface area contributed by atoms with Gasteiger partial charge in [0.25, 0.3) is 0 Å². The summed E-state index contributed by atoms with van der Waals surface area (Å²) in [7, 11) is 0. The van der Waals surface area contributed by atoms with Gasteiger partial charge in [0.1, 0.15) is 17.5 Å². The monoisotopic (exact) mass is 232 g/mol. The first-order chi connectivity index (χ1) is 8.25. The third kappa shape index (κ3) is 3.14. The van der Waals surface area contributed by atoms with E-state index in [0.717, 1.165) is 0 Å². The molecule has 0 unspecified atom stereocenters. The third-order valence-electron chi connectivity index (χ3n) is 2.34. The summed E-state index contributed by atoms with van der Waals surface area (Å²) in [5, 5.41) is 10.6. The Kier molecular flexibility index (Phi) is 3.49. The molecule has 5 heteroatoms. The second kappa shape index (κ2) is 5.25. The number of aromatic nitrogens is 2. The predicted octanol–water partition coefficient (Wildman–Crippen LogP) is 1.85. The summed E-state index contributed by atoms with van der Waals surface area (Å²) in [6.45, 7) is 0.597. The molecule has 17 heavy (non-hydrogen) atoms. The van der Waals surface area contributed by atoms with E-state index in [4.69, 9.17) is 5.73 Å². The number of nitrogen functional groups attached to an aromatic ring is 1. The lowest BCUT2D eigenvalue weighted by molar-refractivity contribution is 0.610. The molecule has 0 bridgehead atoms. The lowest BCUT2D eigenvalue weighted by Crippen LogP contribution is -2.08. The van der Waals surface area contributed by atoms with Gasteiger partial charge < -0.3 is 11.1 Å². The van der Waals surface area contributed by atoms with Crippen molar-refractivity contribution in [2.24, 2.45) is 0 Å². The van der Waals surface area contributed by atoms with E-state index in [9.17, 15) is 4.39 Å². The zero-order valence-electron chi connectivity index (χ0n) is 9.23. The molecule has 0 atom stereocenters.